The average molecular weight is 394 g/mol. The van der Waals surface area contributed by atoms with E-state index in [9.17, 15) is 14.4 Å². The van der Waals surface area contributed by atoms with Crippen LogP contribution in [0, 0.1) is 20.8 Å². The van der Waals surface area contributed by atoms with E-state index in [1.165, 1.54) is 0 Å². The summed E-state index contributed by atoms with van der Waals surface area (Å²) in [4.78, 5) is 36.2. The second-order valence-corrected chi connectivity index (χ2v) is 6.72. The van der Waals surface area contributed by atoms with Crippen molar-refractivity contribution >= 4 is 34.4 Å². The molecule has 0 atom stereocenters. The first-order chi connectivity index (χ1) is 13.9. The summed E-state index contributed by atoms with van der Waals surface area (Å²) in [6.45, 7) is 4.79. The van der Waals surface area contributed by atoms with E-state index in [-0.39, 0.29) is 18.2 Å². The minimum atomic E-state index is -0.728. The van der Waals surface area contributed by atoms with Crippen LogP contribution in [0.2, 0.25) is 0 Å². The van der Waals surface area contributed by atoms with Crippen molar-refractivity contribution in [2.24, 2.45) is 0 Å². The number of carbonyl (C=O) groups excluding carboxylic acids is 3. The molecule has 0 saturated heterocycles. The monoisotopic (exact) mass is 394 g/mol. The molecule has 0 spiro atoms. The highest BCUT2D eigenvalue weighted by Gasteiger charge is 2.20. The number of rotatable bonds is 6. The molecule has 2 aromatic carbocycles. The molecular weight excluding hydrogens is 372 g/mol. The molecule has 7 nitrogen and oxygen atoms in total. The van der Waals surface area contributed by atoms with Gasteiger partial charge in [-0.1, -0.05) is 36.4 Å². The molecule has 3 rings (SSSR count). The Labute approximate surface area is 168 Å². The maximum atomic E-state index is 12.2. The lowest BCUT2D eigenvalue weighted by Gasteiger charge is -2.12. The summed E-state index contributed by atoms with van der Waals surface area (Å²) < 4.78 is 10.5. The van der Waals surface area contributed by atoms with Crippen molar-refractivity contribution in [2.45, 2.75) is 20.8 Å². The molecule has 0 aliphatic carbocycles. The van der Waals surface area contributed by atoms with Crippen LogP contribution < -0.4 is 10.6 Å². The van der Waals surface area contributed by atoms with Gasteiger partial charge in [-0.2, -0.15) is 0 Å². The van der Waals surface area contributed by atoms with Gasteiger partial charge in [-0.05, 0) is 38.0 Å². The van der Waals surface area contributed by atoms with E-state index in [1.54, 1.807) is 19.1 Å². The maximum absolute atomic E-state index is 12.2. The highest BCUT2D eigenvalue weighted by Crippen LogP contribution is 2.25. The van der Waals surface area contributed by atoms with Crippen molar-refractivity contribution in [1.82, 2.24) is 5.32 Å². The van der Waals surface area contributed by atoms with Gasteiger partial charge in [0.15, 0.2) is 6.61 Å². The van der Waals surface area contributed by atoms with Gasteiger partial charge in [0.2, 0.25) is 11.7 Å². The molecule has 29 heavy (non-hydrogen) atoms. The lowest BCUT2D eigenvalue weighted by atomic mass is 10.1. The van der Waals surface area contributed by atoms with Crippen LogP contribution in [0.4, 0.5) is 5.69 Å². The highest BCUT2D eigenvalue weighted by atomic mass is 16.5. The lowest BCUT2D eigenvalue weighted by molar-refractivity contribution is -0.126. The molecule has 0 radical (unpaired) electrons. The fraction of sp³-hybridized carbons (Fsp3) is 0.227. The number of aryl methyl sites for hydroxylation is 3. The molecule has 0 saturated carbocycles. The fourth-order valence-corrected chi connectivity index (χ4v) is 2.99. The Morgan fingerprint density at radius 2 is 1.62 bits per heavy atom. The first-order valence-corrected chi connectivity index (χ1v) is 9.15. The molecule has 2 N–H and O–H groups in total. The van der Waals surface area contributed by atoms with E-state index in [1.807, 2.05) is 44.2 Å². The fourth-order valence-electron chi connectivity index (χ4n) is 2.99. The third-order valence-electron chi connectivity index (χ3n) is 4.56. The van der Waals surface area contributed by atoms with E-state index >= 15 is 0 Å². The minimum absolute atomic E-state index is 0.0618. The number of amides is 2. The largest absolute Gasteiger partial charge is 0.450 e. The Balaban J connectivity index is 1.50. The molecule has 2 amide bonds. The van der Waals surface area contributed by atoms with Crippen LogP contribution in [0.1, 0.15) is 27.2 Å². The summed E-state index contributed by atoms with van der Waals surface area (Å²) in [6.07, 6.45) is 0. The summed E-state index contributed by atoms with van der Waals surface area (Å²) in [5.74, 6) is -1.61. The van der Waals surface area contributed by atoms with Gasteiger partial charge in [-0.25, -0.2) is 4.79 Å². The molecule has 0 fully saturated rings. The van der Waals surface area contributed by atoms with Gasteiger partial charge in [0.05, 0.1) is 6.54 Å². The summed E-state index contributed by atoms with van der Waals surface area (Å²) in [7, 11) is 0. The first kappa shape index (κ1) is 20.1. The molecule has 1 aromatic heterocycles. The van der Waals surface area contributed by atoms with Crippen LogP contribution in [0.15, 0.2) is 46.9 Å². The Morgan fingerprint density at radius 3 is 2.31 bits per heavy atom. The van der Waals surface area contributed by atoms with Crippen LogP contribution in [0.5, 0.6) is 0 Å². The smallest absolute Gasteiger partial charge is 0.375 e. The normalized spacial score (nSPS) is 10.6. The second kappa shape index (κ2) is 8.60. The van der Waals surface area contributed by atoms with Crippen molar-refractivity contribution in [3.63, 3.8) is 0 Å². The van der Waals surface area contributed by atoms with Gasteiger partial charge in [0, 0.05) is 16.6 Å². The summed E-state index contributed by atoms with van der Waals surface area (Å²) in [6, 6.07) is 12.9. The quantitative estimate of drug-likeness (QED) is 0.626. The van der Waals surface area contributed by atoms with Crippen molar-refractivity contribution in [1.29, 1.82) is 0 Å². The van der Waals surface area contributed by atoms with Gasteiger partial charge in [0.25, 0.3) is 5.91 Å². The number of fused-ring (bicyclic) bond motifs is 1. The SMILES string of the molecule is Cc1cccc(C)c1NC(=O)CNC(=O)COC(=O)c1oc2ccccc2c1C. The highest BCUT2D eigenvalue weighted by molar-refractivity contribution is 5.98. The Hall–Kier alpha value is -3.61. The van der Waals surface area contributed by atoms with E-state index < -0.39 is 18.5 Å². The number of para-hydroxylation sites is 2. The summed E-state index contributed by atoms with van der Waals surface area (Å²) >= 11 is 0. The molecule has 0 aliphatic heterocycles. The molecule has 7 heteroatoms. The molecule has 150 valence electrons. The second-order valence-electron chi connectivity index (χ2n) is 6.72. The lowest BCUT2D eigenvalue weighted by Crippen LogP contribution is -2.35. The average Bonchev–Trinajstić information content (AvgIpc) is 3.04. The van der Waals surface area contributed by atoms with Crippen LogP contribution >= 0.6 is 0 Å². The zero-order chi connectivity index (χ0) is 21.0. The minimum Gasteiger partial charge on any atom is -0.450 e. The molecule has 0 unspecified atom stereocenters. The number of anilines is 1. The Bertz CT molecular complexity index is 1060. The molecule has 0 aliphatic rings. The van der Waals surface area contributed by atoms with Crippen LogP contribution in [0.3, 0.4) is 0 Å². The zero-order valence-electron chi connectivity index (χ0n) is 16.5. The number of benzene rings is 2. The van der Waals surface area contributed by atoms with Crippen LogP contribution in [-0.4, -0.2) is 30.9 Å². The van der Waals surface area contributed by atoms with Gasteiger partial charge in [-0.15, -0.1) is 0 Å². The number of hydrogen-bond donors (Lipinski definition) is 2. The summed E-state index contributed by atoms with van der Waals surface area (Å²) in [5.41, 5.74) is 3.81. The predicted molar refractivity (Wildman–Crippen MR) is 109 cm³/mol. The van der Waals surface area contributed by atoms with Crippen molar-refractivity contribution in [3.8, 4) is 0 Å². The number of esters is 1. The number of carbonyl (C=O) groups is 3. The van der Waals surface area contributed by atoms with E-state index in [0.717, 1.165) is 22.2 Å². The first-order valence-electron chi connectivity index (χ1n) is 9.15. The van der Waals surface area contributed by atoms with Gasteiger partial charge < -0.3 is 19.8 Å². The Kier molecular flexibility index (Phi) is 5.97. The standard InChI is InChI=1S/C22H22N2O5/c1-13-7-6-8-14(2)20(13)24-18(25)11-23-19(26)12-28-22(27)21-15(3)16-9-4-5-10-17(16)29-21/h4-10H,11-12H2,1-3H3,(H,23,26)(H,24,25). The third-order valence-corrected chi connectivity index (χ3v) is 4.56. The summed E-state index contributed by atoms with van der Waals surface area (Å²) in [5, 5.41) is 6.01. The van der Waals surface area contributed by atoms with Crippen LogP contribution in [-0.2, 0) is 14.3 Å². The van der Waals surface area contributed by atoms with Crippen LogP contribution in [0.25, 0.3) is 11.0 Å². The number of hydrogen-bond acceptors (Lipinski definition) is 5. The molecule has 0 bridgehead atoms. The van der Waals surface area contributed by atoms with Crippen molar-refractivity contribution in [2.75, 3.05) is 18.5 Å². The van der Waals surface area contributed by atoms with E-state index in [0.29, 0.717) is 11.1 Å². The van der Waals surface area contributed by atoms with Crippen molar-refractivity contribution < 1.29 is 23.5 Å². The third kappa shape index (κ3) is 4.63. The van der Waals surface area contributed by atoms with Crippen molar-refractivity contribution in [3.05, 3.63) is 64.9 Å². The Morgan fingerprint density at radius 1 is 0.931 bits per heavy atom. The van der Waals surface area contributed by atoms with E-state index in [4.69, 9.17) is 9.15 Å². The number of nitrogens with one attached hydrogen (secondary N) is 2. The van der Waals surface area contributed by atoms with Gasteiger partial charge in [0.1, 0.15) is 5.58 Å². The molecular formula is C22H22N2O5. The van der Waals surface area contributed by atoms with Gasteiger partial charge in [-0.3, -0.25) is 9.59 Å². The van der Waals surface area contributed by atoms with E-state index in [2.05, 4.69) is 10.6 Å². The number of furan rings is 1. The zero-order valence-corrected chi connectivity index (χ0v) is 16.5. The molecule has 3 aromatic rings. The number of ether oxygens (including phenoxy) is 1. The molecule has 1 heterocycles. The van der Waals surface area contributed by atoms with Gasteiger partial charge >= 0.3 is 5.97 Å². The predicted octanol–water partition coefficient (Wildman–Crippen LogP) is 3.27. The topological polar surface area (TPSA) is 97.6 Å². The maximum Gasteiger partial charge on any atom is 0.375 e.